The van der Waals surface area contributed by atoms with E-state index in [-0.39, 0.29) is 17.3 Å². The Hall–Kier alpha value is -1.28. The zero-order valence-corrected chi connectivity index (χ0v) is 13.5. The van der Waals surface area contributed by atoms with Crippen molar-refractivity contribution >= 4 is 39.0 Å². The van der Waals surface area contributed by atoms with E-state index in [1.54, 1.807) is 25.2 Å². The summed E-state index contributed by atoms with van der Waals surface area (Å²) < 4.78 is 28.0. The van der Waals surface area contributed by atoms with Gasteiger partial charge in [0.15, 0.2) is 5.82 Å². The third-order valence-electron chi connectivity index (χ3n) is 2.81. The van der Waals surface area contributed by atoms with Crippen molar-refractivity contribution in [3.63, 3.8) is 0 Å². The molecule has 0 aliphatic rings. The predicted octanol–water partition coefficient (Wildman–Crippen LogP) is 1.83. The van der Waals surface area contributed by atoms with Gasteiger partial charge >= 0.3 is 0 Å². The molecular weight excluding hydrogens is 335 g/mol. The summed E-state index contributed by atoms with van der Waals surface area (Å²) in [6.07, 6.45) is 1.79. The number of sulfonamides is 1. The molecular formula is C12H14Cl2N4O2S. The smallest absolute Gasteiger partial charge is 0.245 e. The van der Waals surface area contributed by atoms with Crippen molar-refractivity contribution in [2.24, 2.45) is 7.05 Å². The van der Waals surface area contributed by atoms with Gasteiger partial charge in [-0.1, -0.05) is 29.3 Å². The van der Waals surface area contributed by atoms with Gasteiger partial charge < -0.3 is 5.73 Å². The molecule has 0 saturated carbocycles. The molecule has 6 nitrogen and oxygen atoms in total. The standard InChI is InChI=1S/C12H14Cl2N4O2S/c1-18-7-11(12(15)17-18)21(19,20)16-5-4-8-2-3-9(13)6-10(8)14/h2-3,6-7,16H,4-5H2,1H3,(H2,15,17). The number of nitrogens with zero attached hydrogens (tertiary/aromatic N) is 2. The van der Waals surface area contributed by atoms with Crippen LogP contribution in [0.15, 0.2) is 29.3 Å². The largest absolute Gasteiger partial charge is 0.381 e. The number of rotatable bonds is 5. The molecule has 0 bridgehead atoms. The highest BCUT2D eigenvalue weighted by atomic mass is 35.5. The van der Waals surface area contributed by atoms with Gasteiger partial charge in [0.1, 0.15) is 4.90 Å². The Balaban J connectivity index is 2.04. The molecule has 1 aromatic heterocycles. The first-order valence-corrected chi connectivity index (χ1v) is 8.26. The van der Waals surface area contributed by atoms with Gasteiger partial charge in [0.05, 0.1) is 0 Å². The number of nitrogens with one attached hydrogen (secondary N) is 1. The van der Waals surface area contributed by atoms with Crippen LogP contribution in [-0.4, -0.2) is 24.7 Å². The average Bonchev–Trinajstić information content (AvgIpc) is 2.72. The van der Waals surface area contributed by atoms with Gasteiger partial charge in [0, 0.05) is 29.8 Å². The second-order valence-corrected chi connectivity index (χ2v) is 7.01. The van der Waals surface area contributed by atoms with Crippen molar-refractivity contribution in [1.82, 2.24) is 14.5 Å². The Morgan fingerprint density at radius 1 is 1.38 bits per heavy atom. The van der Waals surface area contributed by atoms with Crippen LogP contribution in [0.4, 0.5) is 5.82 Å². The van der Waals surface area contributed by atoms with Gasteiger partial charge in [-0.25, -0.2) is 13.1 Å². The van der Waals surface area contributed by atoms with Crippen LogP contribution in [0.2, 0.25) is 10.0 Å². The summed E-state index contributed by atoms with van der Waals surface area (Å²) >= 11 is 11.8. The van der Waals surface area contributed by atoms with Crippen LogP contribution in [0.1, 0.15) is 5.56 Å². The fraction of sp³-hybridized carbons (Fsp3) is 0.250. The Kier molecular flexibility index (Phi) is 4.77. The highest BCUT2D eigenvalue weighted by Gasteiger charge is 2.20. The number of hydrogen-bond donors (Lipinski definition) is 2. The molecule has 0 aliphatic carbocycles. The normalized spacial score (nSPS) is 11.8. The van der Waals surface area contributed by atoms with Gasteiger partial charge in [-0.05, 0) is 24.1 Å². The van der Waals surface area contributed by atoms with E-state index < -0.39 is 10.0 Å². The first-order chi connectivity index (χ1) is 9.79. The maximum atomic E-state index is 12.1. The van der Waals surface area contributed by atoms with Crippen molar-refractivity contribution in [2.45, 2.75) is 11.3 Å². The summed E-state index contributed by atoms with van der Waals surface area (Å²) in [4.78, 5) is -0.0350. The van der Waals surface area contributed by atoms with Crippen LogP contribution in [-0.2, 0) is 23.5 Å². The van der Waals surface area contributed by atoms with Gasteiger partial charge in [0.2, 0.25) is 10.0 Å². The summed E-state index contributed by atoms with van der Waals surface area (Å²) in [6.45, 7) is 0.192. The molecule has 2 rings (SSSR count). The molecule has 3 N–H and O–H groups in total. The highest BCUT2D eigenvalue weighted by molar-refractivity contribution is 7.89. The predicted molar refractivity (Wildman–Crippen MR) is 83.0 cm³/mol. The van der Waals surface area contributed by atoms with Crippen LogP contribution < -0.4 is 10.5 Å². The number of nitrogen functional groups attached to an aromatic ring is 1. The van der Waals surface area contributed by atoms with E-state index in [4.69, 9.17) is 28.9 Å². The minimum absolute atomic E-state index is 0.0328. The molecule has 21 heavy (non-hydrogen) atoms. The summed E-state index contributed by atoms with van der Waals surface area (Å²) in [5.41, 5.74) is 6.37. The molecule has 0 spiro atoms. The van der Waals surface area contributed by atoms with Crippen molar-refractivity contribution in [3.05, 3.63) is 40.0 Å². The molecule has 1 aromatic carbocycles. The summed E-state index contributed by atoms with van der Waals surface area (Å²) in [5.74, 6) is -0.0328. The molecule has 0 saturated heterocycles. The highest BCUT2D eigenvalue weighted by Crippen LogP contribution is 2.21. The van der Waals surface area contributed by atoms with Gasteiger partial charge in [-0.15, -0.1) is 0 Å². The van der Waals surface area contributed by atoms with Crippen LogP contribution in [0.25, 0.3) is 0 Å². The molecule has 0 radical (unpaired) electrons. The zero-order valence-electron chi connectivity index (χ0n) is 11.2. The van der Waals surface area contributed by atoms with Crippen LogP contribution in [0, 0.1) is 0 Å². The molecule has 0 atom stereocenters. The van der Waals surface area contributed by atoms with Gasteiger partial charge in [0.25, 0.3) is 0 Å². The number of aryl methyl sites for hydroxylation is 1. The van der Waals surface area contributed by atoms with Crippen molar-refractivity contribution in [1.29, 1.82) is 0 Å². The van der Waals surface area contributed by atoms with E-state index in [0.717, 1.165) is 5.56 Å². The molecule has 9 heteroatoms. The molecule has 2 aromatic rings. The van der Waals surface area contributed by atoms with E-state index in [1.807, 2.05) is 0 Å². The van der Waals surface area contributed by atoms with Gasteiger partial charge in [-0.2, -0.15) is 5.10 Å². The van der Waals surface area contributed by atoms with Crippen molar-refractivity contribution in [2.75, 3.05) is 12.3 Å². The minimum Gasteiger partial charge on any atom is -0.381 e. The Bertz CT molecular complexity index is 759. The summed E-state index contributed by atoms with van der Waals surface area (Å²) in [5, 5.41) is 4.84. The number of anilines is 1. The van der Waals surface area contributed by atoms with E-state index in [0.29, 0.717) is 16.5 Å². The fourth-order valence-corrected chi connectivity index (χ4v) is 3.45. The molecule has 0 unspecified atom stereocenters. The minimum atomic E-state index is -3.69. The quantitative estimate of drug-likeness (QED) is 0.862. The third kappa shape index (κ3) is 3.88. The van der Waals surface area contributed by atoms with Crippen molar-refractivity contribution in [3.8, 4) is 0 Å². The van der Waals surface area contributed by atoms with Crippen LogP contribution in [0.3, 0.4) is 0 Å². The SMILES string of the molecule is Cn1cc(S(=O)(=O)NCCc2ccc(Cl)cc2Cl)c(N)n1. The number of benzene rings is 1. The van der Waals surface area contributed by atoms with E-state index in [9.17, 15) is 8.42 Å². The number of hydrogen-bond acceptors (Lipinski definition) is 4. The number of nitrogens with two attached hydrogens (primary N) is 1. The fourth-order valence-electron chi connectivity index (χ4n) is 1.81. The van der Waals surface area contributed by atoms with Gasteiger partial charge in [-0.3, -0.25) is 4.68 Å². The van der Waals surface area contributed by atoms with Crippen molar-refractivity contribution < 1.29 is 8.42 Å². The van der Waals surface area contributed by atoms with E-state index >= 15 is 0 Å². The second-order valence-electron chi connectivity index (χ2n) is 4.44. The van der Waals surface area contributed by atoms with Crippen LogP contribution in [0.5, 0.6) is 0 Å². The lowest BCUT2D eigenvalue weighted by Crippen LogP contribution is -2.26. The maximum Gasteiger partial charge on any atom is 0.245 e. The number of aromatic nitrogens is 2. The third-order valence-corrected chi connectivity index (χ3v) is 4.88. The van der Waals surface area contributed by atoms with E-state index in [2.05, 4.69) is 9.82 Å². The summed E-state index contributed by atoms with van der Waals surface area (Å²) in [7, 11) is -2.09. The Labute approximate surface area is 132 Å². The molecule has 0 amide bonds. The molecule has 0 fully saturated rings. The van der Waals surface area contributed by atoms with Crippen LogP contribution >= 0.6 is 23.2 Å². The first-order valence-electron chi connectivity index (χ1n) is 6.02. The topological polar surface area (TPSA) is 90.0 Å². The lowest BCUT2D eigenvalue weighted by Gasteiger charge is -2.07. The summed E-state index contributed by atoms with van der Waals surface area (Å²) in [6, 6.07) is 5.08. The first kappa shape index (κ1) is 16.1. The maximum absolute atomic E-state index is 12.1. The molecule has 0 aliphatic heterocycles. The Morgan fingerprint density at radius 3 is 2.67 bits per heavy atom. The molecule has 1 heterocycles. The molecule has 114 valence electrons. The lowest BCUT2D eigenvalue weighted by molar-refractivity contribution is 0.582. The second kappa shape index (κ2) is 6.23. The Morgan fingerprint density at radius 2 is 2.10 bits per heavy atom. The lowest BCUT2D eigenvalue weighted by atomic mass is 10.1. The monoisotopic (exact) mass is 348 g/mol. The van der Waals surface area contributed by atoms with E-state index in [1.165, 1.54) is 10.9 Å². The average molecular weight is 349 g/mol. The number of halogens is 2. The zero-order chi connectivity index (χ0) is 15.6.